The van der Waals surface area contributed by atoms with E-state index in [0.29, 0.717) is 29.0 Å². The van der Waals surface area contributed by atoms with Gasteiger partial charge in [0.2, 0.25) is 6.10 Å². The number of hydrogen-bond donors (Lipinski definition) is 0. The number of aromatic nitrogens is 2. The van der Waals surface area contributed by atoms with Gasteiger partial charge in [0.25, 0.3) is 5.71 Å². The molecule has 3 aromatic rings. The summed E-state index contributed by atoms with van der Waals surface area (Å²) in [7, 11) is 0. The highest BCUT2D eigenvalue weighted by Gasteiger charge is 2.32. The molecule has 1 saturated heterocycles. The Labute approximate surface area is 135 Å². The first-order valence-electron chi connectivity index (χ1n) is 7.32. The first kappa shape index (κ1) is 14.4. The minimum Gasteiger partial charge on any atom is -0.463 e. The quantitative estimate of drug-likeness (QED) is 0.674. The van der Waals surface area contributed by atoms with Crippen molar-refractivity contribution in [1.82, 2.24) is 10.1 Å². The summed E-state index contributed by atoms with van der Waals surface area (Å²) in [5.41, 5.74) is 1.32. The summed E-state index contributed by atoms with van der Waals surface area (Å²) in [6.45, 7) is 1.94. The van der Waals surface area contributed by atoms with Gasteiger partial charge in [0.05, 0.1) is 29.5 Å². The van der Waals surface area contributed by atoms with E-state index in [0.717, 1.165) is 0 Å². The van der Waals surface area contributed by atoms with Crippen molar-refractivity contribution in [2.24, 2.45) is 0 Å². The van der Waals surface area contributed by atoms with Crippen molar-refractivity contribution in [1.29, 1.82) is 0 Å². The van der Waals surface area contributed by atoms with Gasteiger partial charge < -0.3 is 18.4 Å². The normalized spacial score (nSPS) is 17.2. The summed E-state index contributed by atoms with van der Waals surface area (Å²) >= 11 is 0. The van der Waals surface area contributed by atoms with Crippen LogP contribution in [0.1, 0.15) is 22.5 Å². The molecule has 8 nitrogen and oxygen atoms in total. The van der Waals surface area contributed by atoms with Crippen LogP contribution in [0.15, 0.2) is 33.4 Å². The van der Waals surface area contributed by atoms with Gasteiger partial charge in [-0.3, -0.25) is 0 Å². The fourth-order valence-electron chi connectivity index (χ4n) is 2.58. The van der Waals surface area contributed by atoms with E-state index in [-0.39, 0.29) is 17.9 Å². The molecule has 0 N–H and O–H groups in total. The van der Waals surface area contributed by atoms with E-state index in [1.807, 2.05) is 0 Å². The van der Waals surface area contributed by atoms with Crippen molar-refractivity contribution in [2.45, 2.75) is 19.4 Å². The van der Waals surface area contributed by atoms with Crippen LogP contribution in [0.25, 0.3) is 22.6 Å². The summed E-state index contributed by atoms with van der Waals surface area (Å²) in [6.07, 6.45) is 0.944. The molecule has 122 valence electrons. The SMILES string of the molecule is Cc1noc2nc(-c3ccco3)cc(C(=O)OC3CCOC3=O)c12. The maximum absolute atomic E-state index is 12.6. The van der Waals surface area contributed by atoms with Crippen molar-refractivity contribution in [2.75, 3.05) is 6.61 Å². The summed E-state index contributed by atoms with van der Waals surface area (Å²) in [4.78, 5) is 28.4. The Morgan fingerprint density at radius 1 is 1.42 bits per heavy atom. The largest absolute Gasteiger partial charge is 0.463 e. The van der Waals surface area contributed by atoms with E-state index in [1.165, 1.54) is 12.3 Å². The third-order valence-corrected chi connectivity index (χ3v) is 3.75. The standard InChI is InChI=1S/C16H12N2O6/c1-8-13-9(15(19)23-12-4-6-22-16(12)20)7-10(11-3-2-5-21-11)17-14(13)24-18-8/h2-3,5,7,12H,4,6H2,1H3. The smallest absolute Gasteiger partial charge is 0.347 e. The fraction of sp³-hybridized carbons (Fsp3) is 0.250. The van der Waals surface area contributed by atoms with E-state index in [4.69, 9.17) is 18.4 Å². The highest BCUT2D eigenvalue weighted by Crippen LogP contribution is 2.28. The van der Waals surface area contributed by atoms with E-state index in [2.05, 4.69) is 10.1 Å². The monoisotopic (exact) mass is 328 g/mol. The van der Waals surface area contributed by atoms with Gasteiger partial charge in [-0.05, 0) is 25.1 Å². The molecule has 24 heavy (non-hydrogen) atoms. The van der Waals surface area contributed by atoms with Gasteiger partial charge in [-0.2, -0.15) is 0 Å². The van der Waals surface area contributed by atoms with E-state index in [9.17, 15) is 9.59 Å². The Morgan fingerprint density at radius 3 is 3.00 bits per heavy atom. The van der Waals surface area contributed by atoms with E-state index in [1.54, 1.807) is 19.1 Å². The lowest BCUT2D eigenvalue weighted by Crippen LogP contribution is -2.23. The maximum Gasteiger partial charge on any atom is 0.347 e. The Balaban J connectivity index is 1.79. The molecule has 4 rings (SSSR count). The topological polar surface area (TPSA) is 105 Å². The van der Waals surface area contributed by atoms with Crippen LogP contribution in [0, 0.1) is 6.92 Å². The minimum atomic E-state index is -0.895. The molecule has 8 heteroatoms. The predicted molar refractivity (Wildman–Crippen MR) is 79.0 cm³/mol. The Hall–Kier alpha value is -3.16. The number of pyridine rings is 1. The van der Waals surface area contributed by atoms with Gasteiger partial charge in [0.15, 0.2) is 5.76 Å². The zero-order valence-corrected chi connectivity index (χ0v) is 12.6. The van der Waals surface area contributed by atoms with Crippen molar-refractivity contribution in [3.63, 3.8) is 0 Å². The number of fused-ring (bicyclic) bond motifs is 1. The summed E-state index contributed by atoms with van der Waals surface area (Å²) in [5.74, 6) is -0.729. The van der Waals surface area contributed by atoms with Gasteiger partial charge in [0, 0.05) is 6.42 Å². The van der Waals surface area contributed by atoms with Crippen LogP contribution in [0.4, 0.5) is 0 Å². The lowest BCUT2D eigenvalue weighted by atomic mass is 10.1. The van der Waals surface area contributed by atoms with Crippen LogP contribution < -0.4 is 0 Å². The number of carbonyl (C=O) groups is 2. The molecule has 0 spiro atoms. The van der Waals surface area contributed by atoms with Crippen LogP contribution in [-0.2, 0) is 14.3 Å². The Kier molecular flexibility index (Phi) is 3.30. The van der Waals surface area contributed by atoms with Gasteiger partial charge in [0.1, 0.15) is 5.69 Å². The number of nitrogens with zero attached hydrogens (tertiary/aromatic N) is 2. The molecule has 0 bridgehead atoms. The van der Waals surface area contributed by atoms with Crippen molar-refractivity contribution >= 4 is 23.0 Å². The summed E-state index contributed by atoms with van der Waals surface area (Å²) in [5, 5.41) is 4.29. The molecule has 1 aliphatic rings. The average Bonchev–Trinajstić information content (AvgIpc) is 3.30. The third-order valence-electron chi connectivity index (χ3n) is 3.75. The molecule has 1 atom stereocenters. The first-order valence-corrected chi connectivity index (χ1v) is 7.32. The van der Waals surface area contributed by atoms with Crippen molar-refractivity contribution in [3.8, 4) is 11.5 Å². The highest BCUT2D eigenvalue weighted by molar-refractivity contribution is 6.04. The van der Waals surface area contributed by atoms with Crippen molar-refractivity contribution < 1.29 is 28.0 Å². The number of hydrogen-bond acceptors (Lipinski definition) is 8. The molecule has 0 radical (unpaired) electrons. The second-order valence-corrected chi connectivity index (χ2v) is 5.33. The molecular formula is C16H12N2O6. The molecule has 4 heterocycles. The lowest BCUT2D eigenvalue weighted by molar-refractivity contribution is -0.145. The second-order valence-electron chi connectivity index (χ2n) is 5.33. The molecule has 1 unspecified atom stereocenters. The van der Waals surface area contributed by atoms with Gasteiger partial charge in [-0.15, -0.1) is 0 Å². The lowest BCUT2D eigenvalue weighted by Gasteiger charge is -2.09. The molecule has 0 saturated carbocycles. The number of ether oxygens (including phenoxy) is 2. The maximum atomic E-state index is 12.6. The van der Waals surface area contributed by atoms with Gasteiger partial charge in [-0.1, -0.05) is 5.16 Å². The van der Waals surface area contributed by atoms with Gasteiger partial charge in [-0.25, -0.2) is 14.6 Å². The fourth-order valence-corrected chi connectivity index (χ4v) is 2.58. The second kappa shape index (κ2) is 5.48. The molecule has 0 amide bonds. The molecular weight excluding hydrogens is 316 g/mol. The summed E-state index contributed by atoms with van der Waals surface area (Å²) in [6, 6.07) is 4.95. The third kappa shape index (κ3) is 2.32. The zero-order chi connectivity index (χ0) is 16.7. The zero-order valence-electron chi connectivity index (χ0n) is 12.6. The van der Waals surface area contributed by atoms with Crippen LogP contribution in [-0.4, -0.2) is 34.8 Å². The molecule has 0 aliphatic carbocycles. The molecule has 0 aromatic carbocycles. The Bertz CT molecular complexity index is 928. The molecule has 1 fully saturated rings. The average molecular weight is 328 g/mol. The summed E-state index contributed by atoms with van der Waals surface area (Å²) < 4.78 is 20.6. The Morgan fingerprint density at radius 2 is 2.29 bits per heavy atom. The number of furan rings is 1. The highest BCUT2D eigenvalue weighted by atomic mass is 16.6. The number of rotatable bonds is 3. The van der Waals surface area contributed by atoms with Crippen LogP contribution in [0.2, 0.25) is 0 Å². The van der Waals surface area contributed by atoms with Gasteiger partial charge >= 0.3 is 11.9 Å². The predicted octanol–water partition coefficient (Wildman–Crippen LogP) is 2.26. The van der Waals surface area contributed by atoms with Crippen molar-refractivity contribution in [3.05, 3.63) is 35.7 Å². The van der Waals surface area contributed by atoms with E-state index < -0.39 is 18.0 Å². The van der Waals surface area contributed by atoms with Crippen LogP contribution in [0.3, 0.4) is 0 Å². The molecule has 1 aliphatic heterocycles. The molecule has 3 aromatic heterocycles. The number of carbonyl (C=O) groups excluding carboxylic acids is 2. The number of esters is 2. The van der Waals surface area contributed by atoms with Crippen LogP contribution >= 0.6 is 0 Å². The number of aryl methyl sites for hydroxylation is 1. The van der Waals surface area contributed by atoms with E-state index >= 15 is 0 Å². The van der Waals surface area contributed by atoms with Crippen LogP contribution in [0.5, 0.6) is 0 Å². The minimum absolute atomic E-state index is 0.197. The first-order chi connectivity index (χ1) is 11.6. The number of cyclic esters (lactones) is 1.